The number of unbranched alkanes of at least 4 members (excludes halogenated alkanes) is 12. The molecule has 0 radical (unpaired) electrons. The van der Waals surface area contributed by atoms with Crippen LogP contribution in [-0.2, 0) is 14.3 Å². The smallest absolute Gasteiger partial charge is 0.410 e. The Balaban J connectivity index is 3.88. The molecule has 0 spiro atoms. The summed E-state index contributed by atoms with van der Waals surface area (Å²) < 4.78 is 10.5. The molecule has 0 aliphatic carbocycles. The van der Waals surface area contributed by atoms with Gasteiger partial charge in [0.1, 0.15) is 12.6 Å². The Morgan fingerprint density at radius 3 is 1.77 bits per heavy atom. The average molecular weight is 440 g/mol. The van der Waals surface area contributed by atoms with Crippen LogP contribution in [0.25, 0.3) is 0 Å². The molecule has 182 valence electrons. The SMILES string of the molecule is C=CCOC(=O)N(C)C(CC(C)C)C(=O)OCCCCCCCCCCCCCCC. The molecule has 5 heteroatoms. The Morgan fingerprint density at radius 1 is 0.839 bits per heavy atom. The lowest BCUT2D eigenvalue weighted by molar-refractivity contribution is -0.149. The van der Waals surface area contributed by atoms with Crippen molar-refractivity contribution in [2.45, 2.75) is 117 Å². The van der Waals surface area contributed by atoms with Gasteiger partial charge in [-0.3, -0.25) is 4.90 Å². The lowest BCUT2D eigenvalue weighted by Crippen LogP contribution is -2.44. The lowest BCUT2D eigenvalue weighted by atomic mass is 10.0. The molecule has 0 N–H and O–H groups in total. The number of hydrogen-bond donors (Lipinski definition) is 0. The average Bonchev–Trinajstić information content (AvgIpc) is 2.75. The molecule has 0 bridgehead atoms. The largest absolute Gasteiger partial charge is 0.464 e. The van der Waals surface area contributed by atoms with Crippen molar-refractivity contribution in [1.29, 1.82) is 0 Å². The van der Waals surface area contributed by atoms with Gasteiger partial charge in [0, 0.05) is 7.05 Å². The van der Waals surface area contributed by atoms with Crippen molar-refractivity contribution < 1.29 is 19.1 Å². The quantitative estimate of drug-likeness (QED) is 0.113. The lowest BCUT2D eigenvalue weighted by Gasteiger charge is -2.27. The molecular formula is C26H49NO4. The van der Waals surface area contributed by atoms with E-state index in [4.69, 9.17) is 9.47 Å². The van der Waals surface area contributed by atoms with Gasteiger partial charge in [-0.2, -0.15) is 0 Å². The van der Waals surface area contributed by atoms with E-state index < -0.39 is 12.1 Å². The van der Waals surface area contributed by atoms with Crippen LogP contribution in [0.4, 0.5) is 4.79 Å². The molecular weight excluding hydrogens is 390 g/mol. The predicted molar refractivity (Wildman–Crippen MR) is 129 cm³/mol. The van der Waals surface area contributed by atoms with Crippen LogP contribution >= 0.6 is 0 Å². The number of carbonyl (C=O) groups is 2. The van der Waals surface area contributed by atoms with Gasteiger partial charge < -0.3 is 9.47 Å². The summed E-state index contributed by atoms with van der Waals surface area (Å²) in [5.74, 6) is -0.0748. The Labute approximate surface area is 191 Å². The molecule has 0 saturated heterocycles. The standard InChI is InChI=1S/C26H49NO4/c1-6-8-9-10-11-12-13-14-15-16-17-18-19-21-30-25(28)24(22-23(3)4)27(5)26(29)31-20-7-2/h7,23-24H,2,6,8-22H2,1,3-5H3. The van der Waals surface area contributed by atoms with E-state index >= 15 is 0 Å². The second-order valence-corrected chi connectivity index (χ2v) is 9.03. The number of hydrogen-bond acceptors (Lipinski definition) is 4. The summed E-state index contributed by atoms with van der Waals surface area (Å²) in [4.78, 5) is 25.9. The van der Waals surface area contributed by atoms with Gasteiger partial charge in [0.05, 0.1) is 6.61 Å². The highest BCUT2D eigenvalue weighted by Crippen LogP contribution is 2.15. The summed E-state index contributed by atoms with van der Waals surface area (Å²) in [5.41, 5.74) is 0. The number of rotatable bonds is 20. The van der Waals surface area contributed by atoms with Gasteiger partial charge in [-0.15, -0.1) is 0 Å². The summed E-state index contributed by atoms with van der Waals surface area (Å²) >= 11 is 0. The van der Waals surface area contributed by atoms with Crippen molar-refractivity contribution in [1.82, 2.24) is 4.90 Å². The van der Waals surface area contributed by atoms with Crippen LogP contribution in [0.1, 0.15) is 111 Å². The highest BCUT2D eigenvalue weighted by Gasteiger charge is 2.29. The molecule has 0 aromatic carbocycles. The van der Waals surface area contributed by atoms with Gasteiger partial charge in [0.25, 0.3) is 0 Å². The van der Waals surface area contributed by atoms with E-state index in [0.29, 0.717) is 13.0 Å². The van der Waals surface area contributed by atoms with E-state index in [0.717, 1.165) is 12.8 Å². The number of ether oxygens (including phenoxy) is 2. The third-order valence-corrected chi connectivity index (χ3v) is 5.54. The van der Waals surface area contributed by atoms with E-state index in [2.05, 4.69) is 13.5 Å². The monoisotopic (exact) mass is 439 g/mol. The number of nitrogens with zero attached hydrogens (tertiary/aromatic N) is 1. The minimum Gasteiger partial charge on any atom is -0.464 e. The fourth-order valence-electron chi connectivity index (χ4n) is 3.61. The van der Waals surface area contributed by atoms with E-state index in [1.54, 1.807) is 7.05 Å². The zero-order valence-electron chi connectivity index (χ0n) is 20.8. The number of carbonyl (C=O) groups excluding carboxylic acids is 2. The molecule has 1 atom stereocenters. The van der Waals surface area contributed by atoms with Crippen LogP contribution in [0.5, 0.6) is 0 Å². The molecule has 0 fully saturated rings. The van der Waals surface area contributed by atoms with Crippen LogP contribution in [0.3, 0.4) is 0 Å². The maximum Gasteiger partial charge on any atom is 0.410 e. The highest BCUT2D eigenvalue weighted by atomic mass is 16.6. The van der Waals surface area contributed by atoms with Gasteiger partial charge in [0.2, 0.25) is 0 Å². The van der Waals surface area contributed by atoms with Gasteiger partial charge in [-0.1, -0.05) is 110 Å². The van der Waals surface area contributed by atoms with Crippen molar-refractivity contribution in [2.24, 2.45) is 5.92 Å². The second-order valence-electron chi connectivity index (χ2n) is 9.03. The third kappa shape index (κ3) is 16.8. The number of likely N-dealkylation sites (N-methyl/N-ethyl adjacent to an activating group) is 1. The molecule has 0 aliphatic rings. The third-order valence-electron chi connectivity index (χ3n) is 5.54. The zero-order valence-corrected chi connectivity index (χ0v) is 20.8. The van der Waals surface area contributed by atoms with Crippen LogP contribution in [0.2, 0.25) is 0 Å². The highest BCUT2D eigenvalue weighted by molar-refractivity contribution is 5.81. The first kappa shape index (κ1) is 29.5. The second kappa shape index (κ2) is 20.4. The summed E-state index contributed by atoms with van der Waals surface area (Å²) in [6, 6.07) is -0.612. The fraction of sp³-hybridized carbons (Fsp3) is 0.846. The molecule has 0 aliphatic heterocycles. The number of esters is 1. The van der Waals surface area contributed by atoms with Crippen molar-refractivity contribution in [3.8, 4) is 0 Å². The Hall–Kier alpha value is -1.52. The van der Waals surface area contributed by atoms with Gasteiger partial charge in [0.15, 0.2) is 0 Å². The first-order valence-corrected chi connectivity index (χ1v) is 12.6. The Bertz CT molecular complexity index is 464. The Kier molecular flexibility index (Phi) is 19.4. The maximum atomic E-state index is 12.5. The minimum atomic E-state index is -0.612. The van der Waals surface area contributed by atoms with Crippen LogP contribution in [0, 0.1) is 5.92 Å². The van der Waals surface area contributed by atoms with Gasteiger partial charge in [-0.05, 0) is 18.8 Å². The molecule has 0 saturated carbocycles. The summed E-state index contributed by atoms with van der Waals surface area (Å²) in [7, 11) is 1.59. The van der Waals surface area contributed by atoms with Crippen LogP contribution in [0.15, 0.2) is 12.7 Å². The number of amides is 1. The molecule has 0 aromatic heterocycles. The molecule has 0 aromatic rings. The molecule has 31 heavy (non-hydrogen) atoms. The van der Waals surface area contributed by atoms with Crippen LogP contribution in [-0.4, -0.2) is 43.3 Å². The van der Waals surface area contributed by atoms with Crippen LogP contribution < -0.4 is 0 Å². The van der Waals surface area contributed by atoms with E-state index in [9.17, 15) is 9.59 Å². The summed E-state index contributed by atoms with van der Waals surface area (Å²) in [6.45, 7) is 10.4. The topological polar surface area (TPSA) is 55.8 Å². The zero-order chi connectivity index (χ0) is 23.3. The summed E-state index contributed by atoms with van der Waals surface area (Å²) in [5, 5.41) is 0. The van der Waals surface area contributed by atoms with E-state index in [-0.39, 0.29) is 18.5 Å². The minimum absolute atomic E-state index is 0.131. The van der Waals surface area contributed by atoms with Crippen molar-refractivity contribution in [3.63, 3.8) is 0 Å². The first-order valence-electron chi connectivity index (χ1n) is 12.6. The fourth-order valence-corrected chi connectivity index (χ4v) is 3.61. The molecule has 1 amide bonds. The van der Waals surface area contributed by atoms with Gasteiger partial charge in [-0.25, -0.2) is 9.59 Å². The molecule has 5 nitrogen and oxygen atoms in total. The molecule has 1 unspecified atom stereocenters. The predicted octanol–water partition coefficient (Wildman–Crippen LogP) is 7.29. The Morgan fingerprint density at radius 2 is 1.32 bits per heavy atom. The molecule has 0 rings (SSSR count). The first-order chi connectivity index (χ1) is 14.9. The van der Waals surface area contributed by atoms with Crippen molar-refractivity contribution in [2.75, 3.05) is 20.3 Å². The normalized spacial score (nSPS) is 11.9. The summed E-state index contributed by atoms with van der Waals surface area (Å²) in [6.07, 6.45) is 18.2. The van der Waals surface area contributed by atoms with E-state index in [1.807, 2.05) is 13.8 Å². The van der Waals surface area contributed by atoms with E-state index in [1.165, 1.54) is 81.6 Å². The maximum absolute atomic E-state index is 12.5. The molecule has 0 heterocycles. The van der Waals surface area contributed by atoms with Crippen molar-refractivity contribution >= 4 is 12.1 Å². The van der Waals surface area contributed by atoms with Gasteiger partial charge >= 0.3 is 12.1 Å². The van der Waals surface area contributed by atoms with Crippen molar-refractivity contribution in [3.05, 3.63) is 12.7 Å².